The molecule has 6 nitrogen and oxygen atoms in total. The summed E-state index contributed by atoms with van der Waals surface area (Å²) in [5, 5.41) is 13.3. The van der Waals surface area contributed by atoms with Crippen LogP contribution in [0.15, 0.2) is 65.0 Å². The van der Waals surface area contributed by atoms with E-state index in [0.717, 1.165) is 22.5 Å². The number of methoxy groups -OCH3 is 3. The van der Waals surface area contributed by atoms with Crippen LogP contribution in [0.4, 0.5) is 0 Å². The number of nitrogens with one attached hydrogen (secondary N) is 1. The zero-order chi connectivity index (χ0) is 22.8. The molecule has 0 radical (unpaired) electrons. The number of nitriles is 1. The largest absolute Gasteiger partial charge is 0.493 e. The molecule has 6 heteroatoms. The fourth-order valence-electron chi connectivity index (χ4n) is 4.75. The minimum atomic E-state index is -0.492. The van der Waals surface area contributed by atoms with Gasteiger partial charge in [-0.2, -0.15) is 5.26 Å². The fraction of sp³-hybridized carbons (Fsp3) is 0.308. The average Bonchev–Trinajstić information content (AvgIpc) is 2.82. The van der Waals surface area contributed by atoms with E-state index in [-0.39, 0.29) is 11.7 Å². The lowest BCUT2D eigenvalue weighted by Crippen LogP contribution is -2.33. The van der Waals surface area contributed by atoms with Crippen molar-refractivity contribution in [3.05, 3.63) is 76.1 Å². The minimum Gasteiger partial charge on any atom is -0.493 e. The van der Waals surface area contributed by atoms with E-state index in [2.05, 4.69) is 23.5 Å². The average molecular weight is 431 g/mol. The molecular formula is C26H26N2O4. The molecule has 0 aromatic heterocycles. The highest BCUT2D eigenvalue weighted by atomic mass is 16.5. The summed E-state index contributed by atoms with van der Waals surface area (Å²) in [6.07, 6.45) is 1.12. The third-order valence-corrected chi connectivity index (χ3v) is 6.24. The molecule has 0 spiro atoms. The van der Waals surface area contributed by atoms with Gasteiger partial charge in [0.2, 0.25) is 5.75 Å². The van der Waals surface area contributed by atoms with Crippen LogP contribution in [0.3, 0.4) is 0 Å². The predicted octanol–water partition coefficient (Wildman–Crippen LogP) is 4.60. The van der Waals surface area contributed by atoms with Crippen LogP contribution in [-0.2, 0) is 4.79 Å². The molecular weight excluding hydrogens is 404 g/mol. The van der Waals surface area contributed by atoms with E-state index in [1.54, 1.807) is 21.3 Å². The third-order valence-electron chi connectivity index (χ3n) is 6.24. The molecule has 1 aliphatic heterocycles. The van der Waals surface area contributed by atoms with Crippen molar-refractivity contribution in [3.63, 3.8) is 0 Å². The summed E-state index contributed by atoms with van der Waals surface area (Å²) in [5.74, 6) is 1.11. The number of benzene rings is 2. The number of hydrogen-bond donors (Lipinski definition) is 1. The van der Waals surface area contributed by atoms with E-state index in [4.69, 9.17) is 14.2 Å². The quantitative estimate of drug-likeness (QED) is 0.747. The Hall–Kier alpha value is -3.72. The van der Waals surface area contributed by atoms with Crippen LogP contribution in [-0.4, -0.2) is 27.1 Å². The monoisotopic (exact) mass is 430 g/mol. The first-order valence-electron chi connectivity index (χ1n) is 10.5. The first kappa shape index (κ1) is 21.5. The molecule has 1 heterocycles. The molecule has 0 bridgehead atoms. The Morgan fingerprint density at radius 3 is 2.19 bits per heavy atom. The summed E-state index contributed by atoms with van der Waals surface area (Å²) < 4.78 is 16.5. The molecule has 2 aromatic carbocycles. The number of Topliss-reactive ketones (excluding diaryl/α,β-unsaturated/α-hetero) is 1. The molecule has 2 aromatic rings. The van der Waals surface area contributed by atoms with Crippen molar-refractivity contribution >= 4 is 5.78 Å². The highest BCUT2D eigenvalue weighted by molar-refractivity contribution is 6.00. The number of rotatable bonds is 5. The lowest BCUT2D eigenvalue weighted by atomic mass is 9.72. The van der Waals surface area contributed by atoms with Crippen LogP contribution in [0.1, 0.15) is 42.7 Å². The molecule has 1 N–H and O–H groups in total. The normalized spacial score (nSPS) is 20.3. The van der Waals surface area contributed by atoms with Gasteiger partial charge in [-0.15, -0.1) is 0 Å². The predicted molar refractivity (Wildman–Crippen MR) is 121 cm³/mol. The van der Waals surface area contributed by atoms with Gasteiger partial charge in [-0.25, -0.2) is 0 Å². The van der Waals surface area contributed by atoms with Gasteiger partial charge >= 0.3 is 0 Å². The highest BCUT2D eigenvalue weighted by Crippen LogP contribution is 2.48. The molecule has 1 aliphatic carbocycles. The van der Waals surface area contributed by atoms with Crippen molar-refractivity contribution in [2.45, 2.75) is 31.6 Å². The SMILES string of the molecule is COc1cc([C@@H]2C(C#N)=C(C)NC3=C2C(=O)C[C@@H](c2ccccc2)C3)cc(OC)c1OC. The summed E-state index contributed by atoms with van der Waals surface area (Å²) in [6.45, 7) is 1.88. The van der Waals surface area contributed by atoms with E-state index in [1.165, 1.54) is 0 Å². The second kappa shape index (κ2) is 8.80. The van der Waals surface area contributed by atoms with E-state index in [1.807, 2.05) is 37.3 Å². The first-order chi connectivity index (χ1) is 15.5. The van der Waals surface area contributed by atoms with Crippen LogP contribution in [0.5, 0.6) is 17.2 Å². The molecule has 0 unspecified atom stereocenters. The van der Waals surface area contributed by atoms with Crippen LogP contribution in [0.25, 0.3) is 0 Å². The lowest BCUT2D eigenvalue weighted by molar-refractivity contribution is -0.116. The summed E-state index contributed by atoms with van der Waals surface area (Å²) in [6, 6.07) is 16.1. The van der Waals surface area contributed by atoms with Gasteiger partial charge in [0, 0.05) is 23.4 Å². The number of carbonyl (C=O) groups excluding carboxylic acids is 1. The Morgan fingerprint density at radius 1 is 0.969 bits per heavy atom. The highest BCUT2D eigenvalue weighted by Gasteiger charge is 2.39. The van der Waals surface area contributed by atoms with Crippen molar-refractivity contribution in [2.75, 3.05) is 21.3 Å². The van der Waals surface area contributed by atoms with Gasteiger partial charge in [-0.1, -0.05) is 30.3 Å². The van der Waals surface area contributed by atoms with Crippen LogP contribution >= 0.6 is 0 Å². The zero-order valence-corrected chi connectivity index (χ0v) is 18.7. The Bertz CT molecular complexity index is 1130. The van der Waals surface area contributed by atoms with Gasteiger partial charge in [0.05, 0.1) is 38.9 Å². The van der Waals surface area contributed by atoms with E-state index in [0.29, 0.717) is 41.2 Å². The van der Waals surface area contributed by atoms with Gasteiger partial charge in [-0.3, -0.25) is 4.79 Å². The van der Waals surface area contributed by atoms with E-state index >= 15 is 0 Å². The van der Waals surface area contributed by atoms with Crippen LogP contribution in [0, 0.1) is 11.3 Å². The third kappa shape index (κ3) is 3.60. The number of ether oxygens (including phenoxy) is 3. The van der Waals surface area contributed by atoms with Crippen molar-refractivity contribution in [1.82, 2.24) is 5.32 Å². The van der Waals surface area contributed by atoms with Gasteiger partial charge < -0.3 is 19.5 Å². The smallest absolute Gasteiger partial charge is 0.203 e. The minimum absolute atomic E-state index is 0.0478. The molecule has 0 fully saturated rings. The van der Waals surface area contributed by atoms with Gasteiger partial charge in [0.1, 0.15) is 0 Å². The Kier molecular flexibility index (Phi) is 5.91. The van der Waals surface area contributed by atoms with E-state index < -0.39 is 5.92 Å². The van der Waals surface area contributed by atoms with Crippen molar-refractivity contribution in [1.29, 1.82) is 5.26 Å². The number of ketones is 1. The maximum Gasteiger partial charge on any atom is 0.203 e. The Morgan fingerprint density at radius 2 is 1.62 bits per heavy atom. The summed E-state index contributed by atoms with van der Waals surface area (Å²) in [7, 11) is 4.65. The maximum atomic E-state index is 13.5. The molecule has 2 atom stereocenters. The van der Waals surface area contributed by atoms with Crippen LogP contribution < -0.4 is 19.5 Å². The van der Waals surface area contributed by atoms with E-state index in [9.17, 15) is 10.1 Å². The number of allylic oxidation sites excluding steroid dienone is 4. The zero-order valence-electron chi connectivity index (χ0n) is 18.7. The molecule has 32 heavy (non-hydrogen) atoms. The van der Waals surface area contributed by atoms with Crippen molar-refractivity contribution < 1.29 is 19.0 Å². The molecule has 0 saturated carbocycles. The first-order valence-corrected chi connectivity index (χ1v) is 10.5. The van der Waals surface area contributed by atoms with Crippen molar-refractivity contribution in [2.24, 2.45) is 0 Å². The summed E-state index contributed by atoms with van der Waals surface area (Å²) in [5.41, 5.74) is 4.71. The second-order valence-electron chi connectivity index (χ2n) is 8.00. The van der Waals surface area contributed by atoms with Crippen LogP contribution in [0.2, 0.25) is 0 Å². The molecule has 0 amide bonds. The standard InChI is InChI=1S/C26H26N2O4/c1-15-19(14-27)24(18-12-22(30-2)26(32-4)23(13-18)31-3)25-20(28-15)10-17(11-21(25)29)16-8-6-5-7-9-16/h5-9,12-13,17,24,28H,10-11H2,1-4H3/t17-,24+/m0/s1. The summed E-state index contributed by atoms with van der Waals surface area (Å²) in [4.78, 5) is 13.5. The van der Waals surface area contributed by atoms with Gasteiger partial charge in [-0.05, 0) is 42.5 Å². The molecule has 4 rings (SSSR count). The van der Waals surface area contributed by atoms with Gasteiger partial charge in [0.15, 0.2) is 17.3 Å². The molecule has 0 saturated heterocycles. The lowest BCUT2D eigenvalue weighted by Gasteiger charge is -2.36. The Labute approximate surface area is 188 Å². The number of nitrogens with zero attached hydrogens (tertiary/aromatic N) is 1. The molecule has 2 aliphatic rings. The van der Waals surface area contributed by atoms with Crippen molar-refractivity contribution in [3.8, 4) is 23.3 Å². The number of hydrogen-bond acceptors (Lipinski definition) is 6. The maximum absolute atomic E-state index is 13.5. The second-order valence-corrected chi connectivity index (χ2v) is 8.00. The Balaban J connectivity index is 1.85. The molecule has 164 valence electrons. The fourth-order valence-corrected chi connectivity index (χ4v) is 4.75. The number of dihydropyridines is 1. The summed E-state index contributed by atoms with van der Waals surface area (Å²) >= 11 is 0. The van der Waals surface area contributed by atoms with Gasteiger partial charge in [0.25, 0.3) is 0 Å². The number of carbonyl (C=O) groups is 1. The topological polar surface area (TPSA) is 80.6 Å².